The van der Waals surface area contributed by atoms with Crippen LogP contribution in [0.25, 0.3) is 11.1 Å². The van der Waals surface area contributed by atoms with E-state index in [1.807, 2.05) is 0 Å². The van der Waals surface area contributed by atoms with Crippen molar-refractivity contribution < 1.29 is 18.7 Å². The summed E-state index contributed by atoms with van der Waals surface area (Å²) in [5.41, 5.74) is 1.37. The van der Waals surface area contributed by atoms with Crippen molar-refractivity contribution in [3.63, 3.8) is 0 Å². The summed E-state index contributed by atoms with van der Waals surface area (Å²) in [4.78, 5) is 10.5. The Morgan fingerprint density at radius 1 is 1.28 bits per heavy atom. The third-order valence-corrected chi connectivity index (χ3v) is 2.43. The van der Waals surface area contributed by atoms with E-state index in [4.69, 9.17) is 5.11 Å². The molecule has 0 fully saturated rings. The summed E-state index contributed by atoms with van der Waals surface area (Å²) in [5, 5.41) is 12.5. The molecule has 0 unspecified atom stereocenters. The number of carboxylic acid groups (broad SMARTS) is 1. The van der Waals surface area contributed by atoms with Crippen molar-refractivity contribution >= 4 is 5.97 Å². The van der Waals surface area contributed by atoms with Crippen LogP contribution in [0.1, 0.15) is 12.0 Å². The van der Waals surface area contributed by atoms with Crippen molar-refractivity contribution in [3.8, 4) is 11.1 Å². The Hall–Kier alpha value is -2.24. The van der Waals surface area contributed by atoms with Gasteiger partial charge in [0.15, 0.2) is 0 Å². The molecule has 1 N–H and O–H groups in total. The third kappa shape index (κ3) is 2.71. The average Bonchev–Trinajstić information content (AvgIpc) is 2.76. The SMILES string of the molecule is O=C(O)Cn1cc(-c2ccc(C(F)F)cc2)cn1. The van der Waals surface area contributed by atoms with E-state index < -0.39 is 12.4 Å². The number of aliphatic carboxylic acids is 1. The second kappa shape index (κ2) is 4.95. The molecular weight excluding hydrogens is 242 g/mol. The van der Waals surface area contributed by atoms with Crippen LogP contribution in [0.5, 0.6) is 0 Å². The molecule has 2 aromatic rings. The summed E-state index contributed by atoms with van der Waals surface area (Å²) in [6.07, 6.45) is 0.569. The molecule has 1 aromatic carbocycles. The van der Waals surface area contributed by atoms with Crippen LogP contribution in [0.4, 0.5) is 8.78 Å². The number of hydrogen-bond donors (Lipinski definition) is 1. The smallest absolute Gasteiger partial charge is 0.325 e. The standard InChI is InChI=1S/C12H10F2N2O2/c13-12(14)9-3-1-8(2-4-9)10-5-15-16(6-10)7-11(17)18/h1-6,12H,7H2,(H,17,18). The number of alkyl halides is 2. The molecule has 6 heteroatoms. The molecular formula is C12H10F2N2O2. The topological polar surface area (TPSA) is 55.1 Å². The van der Waals surface area contributed by atoms with Crippen LogP contribution in [0, 0.1) is 0 Å². The van der Waals surface area contributed by atoms with Crippen LogP contribution in [0.15, 0.2) is 36.7 Å². The molecule has 0 spiro atoms. The lowest BCUT2D eigenvalue weighted by molar-refractivity contribution is -0.137. The first-order valence-electron chi connectivity index (χ1n) is 5.19. The van der Waals surface area contributed by atoms with Crippen LogP contribution in [-0.2, 0) is 11.3 Å². The van der Waals surface area contributed by atoms with Gasteiger partial charge in [-0.3, -0.25) is 9.48 Å². The molecule has 0 amide bonds. The minimum atomic E-state index is -2.49. The number of carbonyl (C=O) groups is 1. The molecule has 0 saturated heterocycles. The van der Waals surface area contributed by atoms with E-state index in [0.29, 0.717) is 5.56 Å². The van der Waals surface area contributed by atoms with Crippen LogP contribution in [0.2, 0.25) is 0 Å². The third-order valence-electron chi connectivity index (χ3n) is 2.43. The second-order valence-corrected chi connectivity index (χ2v) is 3.74. The molecule has 0 bridgehead atoms. The zero-order valence-electron chi connectivity index (χ0n) is 9.25. The maximum Gasteiger partial charge on any atom is 0.325 e. The van der Waals surface area contributed by atoms with Gasteiger partial charge in [-0.05, 0) is 5.56 Å². The lowest BCUT2D eigenvalue weighted by Crippen LogP contribution is -2.08. The zero-order valence-corrected chi connectivity index (χ0v) is 9.25. The fourth-order valence-electron chi connectivity index (χ4n) is 1.56. The summed E-state index contributed by atoms with van der Waals surface area (Å²) >= 11 is 0. The van der Waals surface area contributed by atoms with Gasteiger partial charge in [0.05, 0.1) is 6.20 Å². The van der Waals surface area contributed by atoms with E-state index in [-0.39, 0.29) is 12.1 Å². The molecule has 4 nitrogen and oxygen atoms in total. The molecule has 1 aromatic heterocycles. The first-order valence-corrected chi connectivity index (χ1v) is 5.19. The van der Waals surface area contributed by atoms with Crippen LogP contribution >= 0.6 is 0 Å². The normalized spacial score (nSPS) is 10.8. The monoisotopic (exact) mass is 252 g/mol. The Balaban J connectivity index is 2.20. The average molecular weight is 252 g/mol. The first kappa shape index (κ1) is 12.2. The number of aromatic nitrogens is 2. The van der Waals surface area contributed by atoms with Gasteiger partial charge in [-0.1, -0.05) is 24.3 Å². The van der Waals surface area contributed by atoms with E-state index >= 15 is 0 Å². The van der Waals surface area contributed by atoms with E-state index in [2.05, 4.69) is 5.10 Å². The maximum absolute atomic E-state index is 12.4. The fourth-order valence-corrected chi connectivity index (χ4v) is 1.56. The number of halogens is 2. The molecule has 0 atom stereocenters. The predicted octanol–water partition coefficient (Wildman–Crippen LogP) is 2.57. The number of hydrogen-bond acceptors (Lipinski definition) is 2. The molecule has 0 aliphatic carbocycles. The van der Waals surface area contributed by atoms with Crippen LogP contribution in [0.3, 0.4) is 0 Å². The van der Waals surface area contributed by atoms with Crippen LogP contribution in [-0.4, -0.2) is 20.9 Å². The second-order valence-electron chi connectivity index (χ2n) is 3.74. The number of rotatable bonds is 4. The molecule has 0 aliphatic rings. The minimum Gasteiger partial charge on any atom is -0.480 e. The number of nitrogens with zero attached hydrogens (tertiary/aromatic N) is 2. The Labute approximate surface area is 101 Å². The number of carboxylic acids is 1. The molecule has 0 saturated carbocycles. The summed E-state index contributed by atoms with van der Waals surface area (Å²) in [5.74, 6) is -0.988. The van der Waals surface area contributed by atoms with Crippen molar-refractivity contribution in [1.29, 1.82) is 0 Å². The van der Waals surface area contributed by atoms with Gasteiger partial charge in [-0.25, -0.2) is 8.78 Å². The van der Waals surface area contributed by atoms with Gasteiger partial charge < -0.3 is 5.11 Å². The number of benzene rings is 1. The molecule has 94 valence electrons. The van der Waals surface area contributed by atoms with Gasteiger partial charge in [0.2, 0.25) is 0 Å². The van der Waals surface area contributed by atoms with Crippen LogP contribution < -0.4 is 0 Å². The fraction of sp³-hybridized carbons (Fsp3) is 0.167. The quantitative estimate of drug-likeness (QED) is 0.909. The summed E-state index contributed by atoms with van der Waals surface area (Å²) < 4.78 is 26.0. The first-order chi connectivity index (χ1) is 8.56. The Kier molecular flexibility index (Phi) is 3.36. The molecule has 2 rings (SSSR count). The highest BCUT2D eigenvalue weighted by molar-refractivity contribution is 5.67. The van der Waals surface area contributed by atoms with Crippen molar-refractivity contribution in [2.75, 3.05) is 0 Å². The highest BCUT2D eigenvalue weighted by Crippen LogP contribution is 2.23. The van der Waals surface area contributed by atoms with Gasteiger partial charge in [0, 0.05) is 17.3 Å². The van der Waals surface area contributed by atoms with E-state index in [9.17, 15) is 13.6 Å². The lowest BCUT2D eigenvalue weighted by atomic mass is 10.1. The van der Waals surface area contributed by atoms with Gasteiger partial charge in [0.25, 0.3) is 6.43 Å². The Bertz CT molecular complexity index is 549. The maximum atomic E-state index is 12.4. The summed E-state index contributed by atoms with van der Waals surface area (Å²) in [7, 11) is 0. The summed E-state index contributed by atoms with van der Waals surface area (Å²) in [6.45, 7) is -0.227. The van der Waals surface area contributed by atoms with Gasteiger partial charge >= 0.3 is 5.97 Å². The van der Waals surface area contributed by atoms with Gasteiger partial charge in [0.1, 0.15) is 6.54 Å². The molecule has 18 heavy (non-hydrogen) atoms. The summed E-state index contributed by atoms with van der Waals surface area (Å²) in [6, 6.07) is 5.80. The van der Waals surface area contributed by atoms with Crippen molar-refractivity contribution in [3.05, 3.63) is 42.2 Å². The highest BCUT2D eigenvalue weighted by Gasteiger charge is 2.08. The van der Waals surface area contributed by atoms with E-state index in [0.717, 1.165) is 5.56 Å². The molecule has 0 aliphatic heterocycles. The minimum absolute atomic E-state index is 0.0447. The van der Waals surface area contributed by atoms with Crippen molar-refractivity contribution in [2.45, 2.75) is 13.0 Å². The lowest BCUT2D eigenvalue weighted by Gasteiger charge is -2.01. The molecule has 0 radical (unpaired) electrons. The van der Waals surface area contributed by atoms with Gasteiger partial charge in [-0.15, -0.1) is 0 Å². The van der Waals surface area contributed by atoms with Gasteiger partial charge in [-0.2, -0.15) is 5.10 Å². The van der Waals surface area contributed by atoms with E-state index in [1.165, 1.54) is 23.0 Å². The Morgan fingerprint density at radius 2 is 1.94 bits per heavy atom. The molecule has 1 heterocycles. The van der Waals surface area contributed by atoms with Crippen molar-refractivity contribution in [1.82, 2.24) is 9.78 Å². The van der Waals surface area contributed by atoms with Crippen molar-refractivity contribution in [2.24, 2.45) is 0 Å². The highest BCUT2D eigenvalue weighted by atomic mass is 19.3. The zero-order chi connectivity index (χ0) is 13.1. The largest absolute Gasteiger partial charge is 0.480 e. The van der Waals surface area contributed by atoms with E-state index in [1.54, 1.807) is 18.3 Å². The Morgan fingerprint density at radius 3 is 2.50 bits per heavy atom. The predicted molar refractivity (Wildman–Crippen MR) is 60.3 cm³/mol.